The van der Waals surface area contributed by atoms with Crippen molar-refractivity contribution in [3.63, 3.8) is 0 Å². The Morgan fingerprint density at radius 2 is 1.69 bits per heavy atom. The highest BCUT2D eigenvalue weighted by Gasteiger charge is 2.44. The first kappa shape index (κ1) is 12.4. The van der Waals surface area contributed by atoms with Crippen molar-refractivity contribution in [2.45, 2.75) is 65.8 Å². The van der Waals surface area contributed by atoms with Gasteiger partial charge in [-0.3, -0.25) is 0 Å². The second kappa shape index (κ2) is 4.68. The molecule has 0 amide bonds. The molecular weight excluding hydrogens is 194 g/mol. The molecule has 0 bridgehead atoms. The van der Waals surface area contributed by atoms with Crippen molar-refractivity contribution in [1.82, 2.24) is 4.90 Å². The fourth-order valence-electron chi connectivity index (χ4n) is 4.19. The van der Waals surface area contributed by atoms with Crippen LogP contribution in [0.15, 0.2) is 0 Å². The maximum atomic E-state index is 2.77. The van der Waals surface area contributed by atoms with Crippen LogP contribution in [0.4, 0.5) is 0 Å². The number of hydrogen-bond donors (Lipinski definition) is 0. The van der Waals surface area contributed by atoms with Crippen molar-refractivity contribution in [2.24, 2.45) is 17.3 Å². The molecule has 0 aromatic rings. The number of rotatable bonds is 2. The molecule has 94 valence electrons. The topological polar surface area (TPSA) is 3.24 Å². The Labute approximate surface area is 102 Å². The van der Waals surface area contributed by atoms with Crippen molar-refractivity contribution in [2.75, 3.05) is 13.1 Å². The predicted octanol–water partition coefficient (Wildman–Crippen LogP) is 3.93. The molecule has 0 aliphatic carbocycles. The summed E-state index contributed by atoms with van der Waals surface area (Å²) in [6.07, 6.45) is 7.25. The molecule has 1 heteroatoms. The Morgan fingerprint density at radius 1 is 1.00 bits per heavy atom. The quantitative estimate of drug-likeness (QED) is 0.685. The van der Waals surface area contributed by atoms with Crippen molar-refractivity contribution < 1.29 is 0 Å². The summed E-state index contributed by atoms with van der Waals surface area (Å²) in [4.78, 5) is 2.77. The van der Waals surface area contributed by atoms with Gasteiger partial charge in [0.2, 0.25) is 0 Å². The number of hydrogen-bond acceptors (Lipinski definition) is 1. The molecule has 2 rings (SSSR count). The third kappa shape index (κ3) is 2.03. The molecule has 1 nitrogen and oxygen atoms in total. The summed E-state index contributed by atoms with van der Waals surface area (Å²) in [5, 5.41) is 0. The molecule has 0 aromatic heterocycles. The van der Waals surface area contributed by atoms with E-state index in [4.69, 9.17) is 0 Å². The van der Waals surface area contributed by atoms with Gasteiger partial charge in [-0.05, 0) is 56.0 Å². The molecule has 2 saturated heterocycles. The van der Waals surface area contributed by atoms with E-state index < -0.39 is 0 Å². The van der Waals surface area contributed by atoms with Gasteiger partial charge in [-0.25, -0.2) is 0 Å². The van der Waals surface area contributed by atoms with Crippen molar-refractivity contribution >= 4 is 0 Å². The van der Waals surface area contributed by atoms with Crippen LogP contribution in [0.1, 0.15) is 59.8 Å². The highest BCUT2D eigenvalue weighted by molar-refractivity contribution is 4.96. The number of piperidine rings is 2. The van der Waals surface area contributed by atoms with E-state index in [0.717, 1.165) is 17.9 Å². The maximum Gasteiger partial charge on any atom is 0.0101 e. The SMILES string of the molecule is CC(C)C1(C(C)C)CCN2CCCCC2C1. The van der Waals surface area contributed by atoms with Gasteiger partial charge >= 0.3 is 0 Å². The van der Waals surface area contributed by atoms with Gasteiger partial charge in [0.25, 0.3) is 0 Å². The van der Waals surface area contributed by atoms with E-state index in [1.807, 2.05) is 0 Å². The van der Waals surface area contributed by atoms with E-state index in [-0.39, 0.29) is 0 Å². The normalized spacial score (nSPS) is 30.8. The van der Waals surface area contributed by atoms with Crippen molar-refractivity contribution in [3.05, 3.63) is 0 Å². The third-order valence-corrected chi connectivity index (χ3v) is 5.53. The zero-order chi connectivity index (χ0) is 11.8. The van der Waals surface area contributed by atoms with Gasteiger partial charge in [0.05, 0.1) is 0 Å². The molecule has 16 heavy (non-hydrogen) atoms. The van der Waals surface area contributed by atoms with Gasteiger partial charge in [-0.1, -0.05) is 34.1 Å². The lowest BCUT2D eigenvalue weighted by atomic mass is 9.61. The number of fused-ring (bicyclic) bond motifs is 1. The van der Waals surface area contributed by atoms with Gasteiger partial charge in [0, 0.05) is 6.04 Å². The lowest BCUT2D eigenvalue weighted by Gasteiger charge is -2.53. The first-order valence-electron chi connectivity index (χ1n) is 7.30. The predicted molar refractivity (Wildman–Crippen MR) is 70.6 cm³/mol. The lowest BCUT2D eigenvalue weighted by molar-refractivity contribution is -0.0294. The fraction of sp³-hybridized carbons (Fsp3) is 1.00. The third-order valence-electron chi connectivity index (χ3n) is 5.53. The Bertz CT molecular complexity index is 224. The van der Waals surface area contributed by atoms with E-state index >= 15 is 0 Å². The lowest BCUT2D eigenvalue weighted by Crippen LogP contribution is -2.52. The minimum absolute atomic E-state index is 0.624. The molecule has 2 fully saturated rings. The van der Waals surface area contributed by atoms with E-state index in [1.165, 1.54) is 45.2 Å². The largest absolute Gasteiger partial charge is 0.300 e. The second-order valence-corrected chi connectivity index (χ2v) is 6.68. The average Bonchev–Trinajstić information content (AvgIpc) is 2.27. The summed E-state index contributed by atoms with van der Waals surface area (Å²) in [5.41, 5.74) is 0.624. The second-order valence-electron chi connectivity index (χ2n) is 6.68. The summed E-state index contributed by atoms with van der Waals surface area (Å²) in [6, 6.07) is 0.910. The minimum Gasteiger partial charge on any atom is -0.300 e. The van der Waals surface area contributed by atoms with Gasteiger partial charge < -0.3 is 4.90 Å². The van der Waals surface area contributed by atoms with Crippen LogP contribution in [0.3, 0.4) is 0 Å². The molecule has 2 aliphatic heterocycles. The summed E-state index contributed by atoms with van der Waals surface area (Å²) in [6.45, 7) is 12.5. The Balaban J connectivity index is 2.12. The van der Waals surface area contributed by atoms with E-state index in [9.17, 15) is 0 Å². The highest BCUT2D eigenvalue weighted by Crippen LogP contribution is 2.48. The Kier molecular flexibility index (Phi) is 3.63. The zero-order valence-electron chi connectivity index (χ0n) is 11.6. The van der Waals surface area contributed by atoms with Gasteiger partial charge in [-0.2, -0.15) is 0 Å². The monoisotopic (exact) mass is 223 g/mol. The summed E-state index contributed by atoms with van der Waals surface area (Å²) >= 11 is 0. The van der Waals surface area contributed by atoms with Crippen LogP contribution >= 0.6 is 0 Å². The number of nitrogens with zero attached hydrogens (tertiary/aromatic N) is 1. The summed E-state index contributed by atoms with van der Waals surface area (Å²) in [5.74, 6) is 1.69. The molecule has 0 N–H and O–H groups in total. The first-order valence-corrected chi connectivity index (χ1v) is 7.30. The molecule has 2 heterocycles. The molecule has 0 saturated carbocycles. The summed E-state index contributed by atoms with van der Waals surface area (Å²) in [7, 11) is 0. The van der Waals surface area contributed by atoms with Crippen LogP contribution < -0.4 is 0 Å². The molecule has 2 aliphatic rings. The first-order chi connectivity index (χ1) is 7.56. The van der Waals surface area contributed by atoms with E-state index in [1.54, 1.807) is 0 Å². The fourth-order valence-corrected chi connectivity index (χ4v) is 4.19. The van der Waals surface area contributed by atoms with Crippen LogP contribution in [0.5, 0.6) is 0 Å². The van der Waals surface area contributed by atoms with Crippen LogP contribution in [0, 0.1) is 17.3 Å². The van der Waals surface area contributed by atoms with Gasteiger partial charge in [-0.15, -0.1) is 0 Å². The van der Waals surface area contributed by atoms with Crippen LogP contribution in [-0.4, -0.2) is 24.0 Å². The van der Waals surface area contributed by atoms with Crippen molar-refractivity contribution in [1.29, 1.82) is 0 Å². The van der Waals surface area contributed by atoms with Gasteiger partial charge in [0.1, 0.15) is 0 Å². The molecule has 0 spiro atoms. The van der Waals surface area contributed by atoms with Crippen molar-refractivity contribution in [3.8, 4) is 0 Å². The smallest absolute Gasteiger partial charge is 0.0101 e. The van der Waals surface area contributed by atoms with Crippen LogP contribution in [0.2, 0.25) is 0 Å². The zero-order valence-corrected chi connectivity index (χ0v) is 11.6. The molecule has 1 unspecified atom stereocenters. The molecule has 0 radical (unpaired) electrons. The van der Waals surface area contributed by atoms with Gasteiger partial charge in [0.15, 0.2) is 0 Å². The van der Waals surface area contributed by atoms with E-state index in [0.29, 0.717) is 5.41 Å². The average molecular weight is 223 g/mol. The van der Waals surface area contributed by atoms with E-state index in [2.05, 4.69) is 32.6 Å². The molecule has 1 atom stereocenters. The molecular formula is C15H29N. The maximum absolute atomic E-state index is 2.77. The van der Waals surface area contributed by atoms with Crippen LogP contribution in [-0.2, 0) is 0 Å². The highest BCUT2D eigenvalue weighted by atomic mass is 15.2. The molecule has 0 aromatic carbocycles. The Morgan fingerprint density at radius 3 is 2.31 bits per heavy atom. The standard InChI is InChI=1S/C15H29N/c1-12(2)15(13(3)4)8-10-16-9-6-5-7-14(16)11-15/h12-14H,5-11H2,1-4H3. The summed E-state index contributed by atoms with van der Waals surface area (Å²) < 4.78 is 0. The minimum atomic E-state index is 0.624. The van der Waals surface area contributed by atoms with Crippen LogP contribution in [0.25, 0.3) is 0 Å². The Hall–Kier alpha value is -0.0400.